The normalized spacial score (nSPS) is 20.9. The van der Waals surface area contributed by atoms with Gasteiger partial charge in [-0.2, -0.15) is 0 Å². The van der Waals surface area contributed by atoms with Crippen molar-refractivity contribution < 1.29 is 5.11 Å². The molecule has 0 aliphatic heterocycles. The number of hydrogen-bond acceptors (Lipinski definition) is 4. The lowest BCUT2D eigenvalue weighted by atomic mass is 10.0. The van der Waals surface area contributed by atoms with Gasteiger partial charge in [-0.15, -0.1) is 11.3 Å². The zero-order chi connectivity index (χ0) is 13.3. The van der Waals surface area contributed by atoms with Crippen LogP contribution in [0.2, 0.25) is 0 Å². The van der Waals surface area contributed by atoms with E-state index in [1.165, 1.54) is 11.3 Å². The van der Waals surface area contributed by atoms with E-state index in [0.717, 1.165) is 30.1 Å². The predicted octanol–water partition coefficient (Wildman–Crippen LogP) is 3.38. The highest BCUT2D eigenvalue weighted by molar-refractivity contribution is 7.15. The molecule has 1 aromatic rings. The van der Waals surface area contributed by atoms with Crippen LogP contribution < -0.4 is 4.90 Å². The maximum Gasteiger partial charge on any atom is 0.185 e. The van der Waals surface area contributed by atoms with Gasteiger partial charge >= 0.3 is 0 Å². The van der Waals surface area contributed by atoms with E-state index >= 15 is 0 Å². The molecule has 102 valence electrons. The molecule has 0 saturated carbocycles. The molecule has 0 aromatic carbocycles. The van der Waals surface area contributed by atoms with E-state index in [9.17, 15) is 5.11 Å². The third-order valence-electron chi connectivity index (χ3n) is 3.69. The number of aliphatic hydroxyl groups excluding tert-OH is 1. The Morgan fingerprint density at radius 3 is 2.78 bits per heavy atom. The van der Waals surface area contributed by atoms with Crippen molar-refractivity contribution in [1.82, 2.24) is 4.98 Å². The van der Waals surface area contributed by atoms with Crippen LogP contribution in [0.15, 0.2) is 0 Å². The number of hydrogen-bond donors (Lipinski definition) is 1. The highest BCUT2D eigenvalue weighted by atomic mass is 32.1. The summed E-state index contributed by atoms with van der Waals surface area (Å²) < 4.78 is 0. The lowest BCUT2D eigenvalue weighted by Gasteiger charge is -2.25. The highest BCUT2D eigenvalue weighted by Crippen LogP contribution is 2.37. The highest BCUT2D eigenvalue weighted by Gasteiger charge is 2.25. The average molecular weight is 268 g/mol. The molecule has 2 atom stereocenters. The van der Waals surface area contributed by atoms with E-state index in [1.54, 1.807) is 11.3 Å². The Morgan fingerprint density at radius 2 is 2.17 bits per heavy atom. The smallest absolute Gasteiger partial charge is 0.185 e. The summed E-state index contributed by atoms with van der Waals surface area (Å²) >= 11 is 1.76. The van der Waals surface area contributed by atoms with E-state index in [-0.39, 0.29) is 6.10 Å². The van der Waals surface area contributed by atoms with Crippen LogP contribution in [-0.2, 0) is 6.42 Å². The minimum atomic E-state index is -0.340. The third-order valence-corrected chi connectivity index (χ3v) is 4.91. The molecule has 1 heterocycles. The molecule has 2 unspecified atom stereocenters. The molecule has 1 aromatic heterocycles. The number of rotatable bonds is 4. The number of aromatic nitrogens is 1. The molecule has 4 heteroatoms. The monoisotopic (exact) mass is 268 g/mol. The minimum absolute atomic E-state index is 0.340. The number of anilines is 1. The van der Waals surface area contributed by atoms with Crippen LogP contribution in [0.3, 0.4) is 0 Å². The Balaban J connectivity index is 2.14. The molecule has 1 N–H and O–H groups in total. The van der Waals surface area contributed by atoms with Gasteiger partial charge in [0.2, 0.25) is 0 Å². The zero-order valence-corrected chi connectivity index (χ0v) is 12.6. The molecule has 1 aliphatic carbocycles. The molecular weight excluding hydrogens is 244 g/mol. The summed E-state index contributed by atoms with van der Waals surface area (Å²) in [5, 5.41) is 11.0. The molecule has 2 rings (SSSR count). The van der Waals surface area contributed by atoms with Crippen LogP contribution in [0.4, 0.5) is 5.13 Å². The van der Waals surface area contributed by atoms with Gasteiger partial charge in [0, 0.05) is 18.0 Å². The van der Waals surface area contributed by atoms with Crippen molar-refractivity contribution in [2.75, 3.05) is 11.9 Å². The number of aryl methyl sites for hydroxylation is 1. The topological polar surface area (TPSA) is 36.4 Å². The second-order valence-corrected chi connectivity index (χ2v) is 6.86. The van der Waals surface area contributed by atoms with Gasteiger partial charge in [0.1, 0.15) is 0 Å². The number of nitrogens with zero attached hydrogens (tertiary/aromatic N) is 2. The van der Waals surface area contributed by atoms with Gasteiger partial charge in [-0.05, 0) is 38.5 Å². The Morgan fingerprint density at radius 1 is 1.44 bits per heavy atom. The molecule has 18 heavy (non-hydrogen) atoms. The second kappa shape index (κ2) is 5.57. The van der Waals surface area contributed by atoms with Crippen molar-refractivity contribution in [3.8, 4) is 0 Å². The lowest BCUT2D eigenvalue weighted by molar-refractivity contribution is 0.153. The summed E-state index contributed by atoms with van der Waals surface area (Å²) in [6, 6.07) is 0.495. The van der Waals surface area contributed by atoms with Crippen molar-refractivity contribution in [3.05, 3.63) is 10.6 Å². The first kappa shape index (κ1) is 13.8. The van der Waals surface area contributed by atoms with Crippen LogP contribution >= 0.6 is 11.3 Å². The average Bonchev–Trinajstić information content (AvgIpc) is 2.72. The standard InChI is InChI=1S/C14H24N2OS/c1-9(2)8-10(3)16(4)14-15-13-11(17)6-5-7-12(13)18-14/h9-11,17H,5-8H2,1-4H3. The molecule has 0 bridgehead atoms. The van der Waals surface area contributed by atoms with Gasteiger partial charge < -0.3 is 10.0 Å². The van der Waals surface area contributed by atoms with E-state index in [2.05, 4.69) is 37.7 Å². The first-order chi connectivity index (χ1) is 8.49. The van der Waals surface area contributed by atoms with E-state index in [0.29, 0.717) is 12.0 Å². The summed E-state index contributed by atoms with van der Waals surface area (Å²) in [4.78, 5) is 8.20. The van der Waals surface area contributed by atoms with Crippen molar-refractivity contribution >= 4 is 16.5 Å². The van der Waals surface area contributed by atoms with Crippen molar-refractivity contribution in [1.29, 1.82) is 0 Å². The zero-order valence-electron chi connectivity index (χ0n) is 11.8. The molecular formula is C14H24N2OS. The summed E-state index contributed by atoms with van der Waals surface area (Å²) in [6.07, 6.45) is 3.86. The quantitative estimate of drug-likeness (QED) is 0.909. The first-order valence-electron chi connectivity index (χ1n) is 6.89. The van der Waals surface area contributed by atoms with E-state index in [4.69, 9.17) is 0 Å². The van der Waals surface area contributed by atoms with Gasteiger partial charge in [-0.1, -0.05) is 13.8 Å². The Bertz CT molecular complexity index is 402. The van der Waals surface area contributed by atoms with Gasteiger partial charge in [0.25, 0.3) is 0 Å². The summed E-state index contributed by atoms with van der Waals surface area (Å²) in [7, 11) is 2.11. The minimum Gasteiger partial charge on any atom is -0.387 e. The summed E-state index contributed by atoms with van der Waals surface area (Å²) in [5.41, 5.74) is 0.935. The van der Waals surface area contributed by atoms with Gasteiger partial charge in [-0.25, -0.2) is 4.98 Å². The van der Waals surface area contributed by atoms with Crippen LogP contribution in [0.25, 0.3) is 0 Å². The fourth-order valence-electron chi connectivity index (χ4n) is 2.56. The first-order valence-corrected chi connectivity index (χ1v) is 7.71. The van der Waals surface area contributed by atoms with Crippen LogP contribution in [0.1, 0.15) is 56.7 Å². The predicted molar refractivity (Wildman–Crippen MR) is 77.3 cm³/mol. The lowest BCUT2D eigenvalue weighted by Crippen LogP contribution is -2.29. The van der Waals surface area contributed by atoms with Crippen molar-refractivity contribution in [2.45, 2.75) is 58.6 Å². The van der Waals surface area contributed by atoms with Crippen LogP contribution in [0, 0.1) is 5.92 Å². The largest absolute Gasteiger partial charge is 0.387 e. The number of fused-ring (bicyclic) bond motifs is 1. The third kappa shape index (κ3) is 2.86. The molecule has 3 nitrogen and oxygen atoms in total. The molecule has 0 amide bonds. The van der Waals surface area contributed by atoms with Crippen LogP contribution in [0.5, 0.6) is 0 Å². The summed E-state index contributed by atoms with van der Waals surface area (Å²) in [5.74, 6) is 0.697. The van der Waals surface area contributed by atoms with Gasteiger partial charge in [0.05, 0.1) is 11.8 Å². The fraction of sp³-hybridized carbons (Fsp3) is 0.786. The Hall–Kier alpha value is -0.610. The second-order valence-electron chi connectivity index (χ2n) is 5.80. The van der Waals surface area contributed by atoms with Crippen LogP contribution in [-0.4, -0.2) is 23.2 Å². The molecule has 0 saturated heterocycles. The maximum atomic E-state index is 9.97. The Labute approximate surface area is 114 Å². The molecule has 0 radical (unpaired) electrons. The molecule has 1 aliphatic rings. The van der Waals surface area contributed by atoms with Gasteiger partial charge in [-0.3, -0.25) is 0 Å². The molecule has 0 spiro atoms. The molecule has 0 fully saturated rings. The van der Waals surface area contributed by atoms with Crippen molar-refractivity contribution in [2.24, 2.45) is 5.92 Å². The van der Waals surface area contributed by atoms with Crippen molar-refractivity contribution in [3.63, 3.8) is 0 Å². The number of aliphatic hydroxyl groups is 1. The Kier molecular flexibility index (Phi) is 4.28. The summed E-state index contributed by atoms with van der Waals surface area (Å²) in [6.45, 7) is 6.75. The SMILES string of the molecule is CC(C)CC(C)N(C)c1nc2c(s1)CCCC2O. The fourth-order valence-corrected chi connectivity index (χ4v) is 3.78. The van der Waals surface area contributed by atoms with Gasteiger partial charge in [0.15, 0.2) is 5.13 Å². The number of thiazole rings is 1. The van der Waals surface area contributed by atoms with E-state index < -0.39 is 0 Å². The maximum absolute atomic E-state index is 9.97. The van der Waals surface area contributed by atoms with E-state index in [1.807, 2.05) is 0 Å².